The quantitative estimate of drug-likeness (QED) is 0.184. The number of benzene rings is 3. The predicted molar refractivity (Wildman–Crippen MR) is 168 cm³/mol. The Labute approximate surface area is 248 Å². The smallest absolute Gasteiger partial charge is 0.256 e. The summed E-state index contributed by atoms with van der Waals surface area (Å²) in [6.07, 6.45) is 5.48. The van der Waals surface area contributed by atoms with Crippen LogP contribution in [0.25, 0.3) is 20.8 Å². The summed E-state index contributed by atoms with van der Waals surface area (Å²) in [5.41, 5.74) is 4.64. The second kappa shape index (κ2) is 11.9. The third-order valence-electron chi connectivity index (χ3n) is 7.46. The molecule has 2 aromatic heterocycles. The Morgan fingerprint density at radius 1 is 0.902 bits per heavy atom. The second-order valence-corrected chi connectivity index (χ2v) is 14.2. The maximum atomic E-state index is 13.5. The zero-order chi connectivity index (χ0) is 28.4. The number of rotatable bonds is 8. The lowest BCUT2D eigenvalue weighted by molar-refractivity contribution is 0.102. The van der Waals surface area contributed by atoms with Crippen molar-refractivity contribution >= 4 is 53.8 Å². The Balaban J connectivity index is 1.27. The van der Waals surface area contributed by atoms with Gasteiger partial charge in [-0.05, 0) is 73.2 Å². The lowest BCUT2D eigenvalue weighted by atomic mass is 10.1. The zero-order valence-electron chi connectivity index (χ0n) is 22.8. The number of fused-ring (bicyclic) bond motifs is 2. The number of hydrogen-bond acceptors (Lipinski definition) is 6. The number of amides is 1. The van der Waals surface area contributed by atoms with Crippen LogP contribution in [0.5, 0.6) is 0 Å². The third kappa shape index (κ3) is 5.72. The van der Waals surface area contributed by atoms with E-state index in [4.69, 9.17) is 4.98 Å². The summed E-state index contributed by atoms with van der Waals surface area (Å²) in [7, 11) is -3.72. The van der Waals surface area contributed by atoms with E-state index in [2.05, 4.69) is 11.4 Å². The molecule has 6 rings (SSSR count). The molecule has 0 saturated carbocycles. The van der Waals surface area contributed by atoms with Crippen molar-refractivity contribution in [3.63, 3.8) is 0 Å². The van der Waals surface area contributed by atoms with Crippen LogP contribution in [0, 0.1) is 0 Å². The van der Waals surface area contributed by atoms with Crippen LogP contribution in [0.3, 0.4) is 0 Å². The molecule has 3 aromatic carbocycles. The molecule has 6 nitrogen and oxygen atoms in total. The number of nitrogens with zero attached hydrogens (tertiary/aromatic N) is 2. The van der Waals surface area contributed by atoms with E-state index in [0.717, 1.165) is 57.0 Å². The number of hydrogen-bond donors (Lipinski definition) is 1. The summed E-state index contributed by atoms with van der Waals surface area (Å²) in [5.74, 6) is -0.260. The van der Waals surface area contributed by atoms with Crippen molar-refractivity contribution in [2.75, 3.05) is 11.9 Å². The number of aryl methyl sites for hydroxylation is 1. The van der Waals surface area contributed by atoms with E-state index in [1.807, 2.05) is 55.5 Å². The fraction of sp³-hybridized carbons (Fsp3) is 0.250. The first-order valence-electron chi connectivity index (χ1n) is 13.9. The van der Waals surface area contributed by atoms with E-state index in [0.29, 0.717) is 18.7 Å². The van der Waals surface area contributed by atoms with Gasteiger partial charge in [0.2, 0.25) is 10.0 Å². The Morgan fingerprint density at radius 2 is 1.63 bits per heavy atom. The van der Waals surface area contributed by atoms with Crippen LogP contribution < -0.4 is 5.32 Å². The van der Waals surface area contributed by atoms with Gasteiger partial charge in [-0.25, -0.2) is 13.4 Å². The predicted octanol–water partition coefficient (Wildman–Crippen LogP) is 7.76. The lowest BCUT2D eigenvalue weighted by Crippen LogP contribution is -2.30. The molecule has 1 aliphatic carbocycles. The average Bonchev–Trinajstić information content (AvgIpc) is 3.48. The molecule has 0 atom stereocenters. The lowest BCUT2D eigenvalue weighted by Gasteiger charge is -2.20. The highest BCUT2D eigenvalue weighted by Gasteiger charge is 2.26. The number of para-hydroxylation sites is 1. The first kappa shape index (κ1) is 27.8. The van der Waals surface area contributed by atoms with Crippen LogP contribution in [-0.2, 0) is 29.4 Å². The maximum absolute atomic E-state index is 13.5. The molecular formula is C32H31N3O3S3. The molecule has 41 heavy (non-hydrogen) atoms. The zero-order valence-corrected chi connectivity index (χ0v) is 25.2. The van der Waals surface area contributed by atoms with Crippen LogP contribution in [0.15, 0.2) is 83.8 Å². The molecule has 1 amide bonds. The summed E-state index contributed by atoms with van der Waals surface area (Å²) >= 11 is 3.30. The van der Waals surface area contributed by atoms with Crippen LogP contribution in [-0.4, -0.2) is 30.2 Å². The highest BCUT2D eigenvalue weighted by molar-refractivity contribution is 7.89. The normalized spacial score (nSPS) is 13.7. The van der Waals surface area contributed by atoms with Crippen molar-refractivity contribution in [1.29, 1.82) is 0 Å². The molecule has 2 heterocycles. The molecule has 5 aromatic rings. The number of aromatic nitrogens is 1. The molecule has 0 radical (unpaired) electrons. The van der Waals surface area contributed by atoms with Crippen LogP contribution in [0.1, 0.15) is 52.5 Å². The van der Waals surface area contributed by atoms with Crippen molar-refractivity contribution in [3.05, 3.63) is 100 Å². The van der Waals surface area contributed by atoms with E-state index in [9.17, 15) is 13.2 Å². The van der Waals surface area contributed by atoms with E-state index in [-0.39, 0.29) is 10.8 Å². The molecule has 0 saturated heterocycles. The minimum Gasteiger partial charge on any atom is -0.313 e. The molecular weight excluding hydrogens is 571 g/mol. The van der Waals surface area contributed by atoms with Crippen molar-refractivity contribution < 1.29 is 13.2 Å². The molecule has 1 N–H and O–H groups in total. The number of sulfonamides is 1. The minimum atomic E-state index is -3.72. The Hall–Kier alpha value is -3.37. The highest BCUT2D eigenvalue weighted by Crippen LogP contribution is 2.46. The monoisotopic (exact) mass is 601 g/mol. The summed E-state index contributed by atoms with van der Waals surface area (Å²) in [5, 5.41) is 4.91. The molecule has 0 fully saturated rings. The van der Waals surface area contributed by atoms with Crippen molar-refractivity contribution in [3.8, 4) is 10.6 Å². The van der Waals surface area contributed by atoms with Crippen molar-refractivity contribution in [1.82, 2.24) is 9.29 Å². The highest BCUT2D eigenvalue weighted by atomic mass is 32.2. The number of thiazole rings is 1. The van der Waals surface area contributed by atoms with Crippen LogP contribution >= 0.6 is 22.7 Å². The van der Waals surface area contributed by atoms with Crippen LogP contribution in [0.2, 0.25) is 0 Å². The molecule has 0 unspecified atom stereocenters. The third-order valence-corrected chi connectivity index (χ3v) is 11.7. The standard InChI is InChI=1S/C32H31N3O3S3/c1-2-35(21-22-11-5-3-6-12-22)41(37,38)24-19-17-23(18-20-24)30(36)34-32-29(25-13-7-4-8-15-27(25)39-32)31-33-26-14-9-10-16-28(26)40-31/h3,5-6,9-12,14,16-20H,2,4,7-8,13,15,21H2,1H3,(H,34,36). The van der Waals surface area contributed by atoms with Gasteiger partial charge in [-0.15, -0.1) is 22.7 Å². The Morgan fingerprint density at radius 3 is 2.39 bits per heavy atom. The average molecular weight is 602 g/mol. The number of nitrogens with one attached hydrogen (secondary N) is 1. The largest absolute Gasteiger partial charge is 0.313 e. The van der Waals surface area contributed by atoms with Crippen molar-refractivity contribution in [2.45, 2.75) is 50.5 Å². The van der Waals surface area contributed by atoms with Gasteiger partial charge < -0.3 is 5.32 Å². The number of carbonyl (C=O) groups excluding carboxylic acids is 1. The topological polar surface area (TPSA) is 79.4 Å². The fourth-order valence-corrected chi connectivity index (χ4v) is 9.12. The van der Waals surface area contributed by atoms with Gasteiger partial charge in [0.25, 0.3) is 5.91 Å². The number of thiophene rings is 1. The fourth-order valence-electron chi connectivity index (χ4n) is 5.29. The first-order chi connectivity index (χ1) is 19.9. The van der Waals surface area contributed by atoms with Gasteiger partial charge in [0, 0.05) is 29.1 Å². The summed E-state index contributed by atoms with van der Waals surface area (Å²) in [6, 6.07) is 23.9. The van der Waals surface area contributed by atoms with Gasteiger partial charge >= 0.3 is 0 Å². The van der Waals surface area contributed by atoms with E-state index in [1.165, 1.54) is 33.3 Å². The van der Waals surface area contributed by atoms with Gasteiger partial charge in [-0.3, -0.25) is 4.79 Å². The molecule has 210 valence electrons. The summed E-state index contributed by atoms with van der Waals surface area (Å²) < 4.78 is 29.3. The Bertz CT molecular complexity index is 1760. The van der Waals surface area contributed by atoms with Gasteiger partial charge in [-0.2, -0.15) is 4.31 Å². The van der Waals surface area contributed by atoms with Gasteiger partial charge in [-0.1, -0.05) is 55.8 Å². The molecule has 1 aliphatic rings. The number of carbonyl (C=O) groups is 1. The van der Waals surface area contributed by atoms with Crippen molar-refractivity contribution in [2.24, 2.45) is 0 Å². The summed E-state index contributed by atoms with van der Waals surface area (Å²) in [6.45, 7) is 2.46. The molecule has 0 aliphatic heterocycles. The molecule has 9 heteroatoms. The van der Waals surface area contributed by atoms with E-state index in [1.54, 1.807) is 34.8 Å². The van der Waals surface area contributed by atoms with Gasteiger partial charge in [0.05, 0.1) is 15.1 Å². The minimum absolute atomic E-state index is 0.171. The van der Waals surface area contributed by atoms with Gasteiger partial charge in [0.15, 0.2) is 0 Å². The summed E-state index contributed by atoms with van der Waals surface area (Å²) in [4.78, 5) is 19.9. The second-order valence-electron chi connectivity index (χ2n) is 10.2. The SMILES string of the molecule is CCN(Cc1ccccc1)S(=O)(=O)c1ccc(C(=O)Nc2sc3c(c2-c2nc4ccccc4s2)CCCCC3)cc1. The molecule has 0 bridgehead atoms. The van der Waals surface area contributed by atoms with Gasteiger partial charge in [0.1, 0.15) is 10.0 Å². The molecule has 0 spiro atoms. The number of anilines is 1. The van der Waals surface area contributed by atoms with E-state index < -0.39 is 10.0 Å². The Kier molecular flexibility index (Phi) is 8.03. The van der Waals surface area contributed by atoms with E-state index >= 15 is 0 Å². The van der Waals surface area contributed by atoms with Crippen LogP contribution in [0.4, 0.5) is 5.00 Å². The maximum Gasteiger partial charge on any atom is 0.256 e. The first-order valence-corrected chi connectivity index (χ1v) is 17.0.